The van der Waals surface area contributed by atoms with Gasteiger partial charge in [-0.1, -0.05) is 11.6 Å². The molecule has 2 aromatic rings. The van der Waals surface area contributed by atoms with Gasteiger partial charge in [-0.05, 0) is 51.8 Å². The average molecular weight is 463 g/mol. The van der Waals surface area contributed by atoms with Crippen molar-refractivity contribution in [1.29, 1.82) is 0 Å². The molecule has 0 radical (unpaired) electrons. The molecule has 178 valence electrons. The first-order valence-electron chi connectivity index (χ1n) is 11.5. The predicted octanol–water partition coefficient (Wildman–Crippen LogP) is 2.94. The molecule has 4 rings (SSSR count). The molecule has 34 heavy (non-hydrogen) atoms. The second-order valence-electron chi connectivity index (χ2n) is 9.16. The van der Waals surface area contributed by atoms with Crippen LogP contribution in [0.1, 0.15) is 63.1 Å². The molecule has 4 heterocycles. The molecular weight excluding hydrogens is 432 g/mol. The zero-order chi connectivity index (χ0) is 24.6. The van der Waals surface area contributed by atoms with E-state index in [2.05, 4.69) is 15.4 Å². The molecule has 0 aromatic carbocycles. The van der Waals surface area contributed by atoms with Crippen molar-refractivity contribution in [3.8, 4) is 0 Å². The second-order valence-corrected chi connectivity index (χ2v) is 9.16. The Kier molecular flexibility index (Phi) is 6.45. The highest BCUT2D eigenvalue weighted by atomic mass is 16.2. The summed E-state index contributed by atoms with van der Waals surface area (Å²) in [6.45, 7) is 10.5. The lowest BCUT2D eigenvalue weighted by molar-refractivity contribution is -0.128. The number of amides is 3. The van der Waals surface area contributed by atoms with Crippen LogP contribution in [0.2, 0.25) is 0 Å². The van der Waals surface area contributed by atoms with E-state index in [1.54, 1.807) is 35.7 Å². The van der Waals surface area contributed by atoms with Crippen molar-refractivity contribution in [3.05, 3.63) is 41.2 Å². The number of hydrogen-bond donors (Lipinski definition) is 1. The van der Waals surface area contributed by atoms with Crippen molar-refractivity contribution < 1.29 is 14.4 Å². The Labute approximate surface area is 198 Å². The van der Waals surface area contributed by atoms with E-state index < -0.39 is 5.92 Å². The molecule has 1 atom stereocenters. The highest BCUT2D eigenvalue weighted by Crippen LogP contribution is 2.27. The highest BCUT2D eigenvalue weighted by Gasteiger charge is 2.26. The number of carbonyl (C=O) groups excluding carboxylic acids is 3. The summed E-state index contributed by atoms with van der Waals surface area (Å²) in [5.74, 6) is -0.960. The average Bonchev–Trinajstić information content (AvgIpc) is 3.22. The molecule has 0 aliphatic carbocycles. The third-order valence-corrected chi connectivity index (χ3v) is 6.32. The minimum atomic E-state index is -0.471. The van der Waals surface area contributed by atoms with E-state index in [-0.39, 0.29) is 30.3 Å². The molecule has 1 unspecified atom stereocenters. The monoisotopic (exact) mass is 462 g/mol. The third kappa shape index (κ3) is 4.55. The number of nitrogens with one attached hydrogen (secondary N) is 1. The van der Waals surface area contributed by atoms with E-state index in [0.29, 0.717) is 47.5 Å². The smallest absolute Gasteiger partial charge is 0.254 e. The molecule has 2 aliphatic rings. The summed E-state index contributed by atoms with van der Waals surface area (Å²) in [7, 11) is 0. The molecule has 9 nitrogen and oxygen atoms in total. The maximum absolute atomic E-state index is 13.3. The fourth-order valence-corrected chi connectivity index (χ4v) is 4.38. The molecule has 0 spiro atoms. The first kappa shape index (κ1) is 23.5. The molecule has 3 amide bonds. The van der Waals surface area contributed by atoms with E-state index in [1.807, 2.05) is 32.9 Å². The van der Waals surface area contributed by atoms with E-state index in [4.69, 9.17) is 4.98 Å². The van der Waals surface area contributed by atoms with Crippen LogP contribution >= 0.6 is 0 Å². The summed E-state index contributed by atoms with van der Waals surface area (Å²) in [6, 6.07) is 1.85. The summed E-state index contributed by atoms with van der Waals surface area (Å²) in [5, 5.41) is 8.04. The van der Waals surface area contributed by atoms with Gasteiger partial charge in [0.15, 0.2) is 5.65 Å². The molecule has 0 saturated carbocycles. The van der Waals surface area contributed by atoms with Crippen molar-refractivity contribution in [3.63, 3.8) is 0 Å². The number of aromatic nitrogens is 3. The Hall–Kier alpha value is -3.62. The van der Waals surface area contributed by atoms with Crippen LogP contribution < -0.4 is 5.32 Å². The number of aliphatic imine (C=N–C) groups is 1. The Morgan fingerprint density at radius 2 is 2.03 bits per heavy atom. The first-order chi connectivity index (χ1) is 16.2. The summed E-state index contributed by atoms with van der Waals surface area (Å²) in [6.07, 6.45) is 6.19. The second kappa shape index (κ2) is 9.32. The van der Waals surface area contributed by atoms with Crippen LogP contribution in [0.5, 0.6) is 0 Å². The summed E-state index contributed by atoms with van der Waals surface area (Å²) < 4.78 is 1.80. The van der Waals surface area contributed by atoms with Crippen molar-refractivity contribution in [2.75, 3.05) is 19.6 Å². The van der Waals surface area contributed by atoms with Crippen molar-refractivity contribution >= 4 is 40.0 Å². The molecule has 9 heteroatoms. The predicted molar refractivity (Wildman–Crippen MR) is 130 cm³/mol. The van der Waals surface area contributed by atoms with Crippen LogP contribution in [0.4, 0.5) is 0 Å². The lowest BCUT2D eigenvalue weighted by Crippen LogP contribution is -2.35. The van der Waals surface area contributed by atoms with Gasteiger partial charge < -0.3 is 10.2 Å². The molecule has 0 fully saturated rings. The number of pyridine rings is 1. The van der Waals surface area contributed by atoms with Crippen LogP contribution in [0.3, 0.4) is 0 Å². The maximum atomic E-state index is 13.3. The SMILES string of the molecule is CC(=O)N1CC=C(c2cc(C(=O)NCC3C(=O)N=C(C)C=C3C)c3cnn(C(C)C)c3n2)CC1. The van der Waals surface area contributed by atoms with Gasteiger partial charge in [0.1, 0.15) is 0 Å². The van der Waals surface area contributed by atoms with E-state index >= 15 is 0 Å². The molecule has 0 saturated heterocycles. The van der Waals surface area contributed by atoms with E-state index in [9.17, 15) is 14.4 Å². The molecular formula is C25H30N6O3. The van der Waals surface area contributed by atoms with Gasteiger partial charge in [0.2, 0.25) is 5.91 Å². The number of nitrogens with zero attached hydrogens (tertiary/aromatic N) is 5. The van der Waals surface area contributed by atoms with Crippen molar-refractivity contribution in [2.45, 2.75) is 47.1 Å². The maximum Gasteiger partial charge on any atom is 0.254 e. The van der Waals surface area contributed by atoms with Gasteiger partial charge in [-0.15, -0.1) is 0 Å². The lowest BCUT2D eigenvalue weighted by Gasteiger charge is -2.25. The molecule has 1 N–H and O–H groups in total. The number of hydrogen-bond acceptors (Lipinski definition) is 5. The number of dihydropyridines is 1. The summed E-state index contributed by atoms with van der Waals surface area (Å²) >= 11 is 0. The van der Waals surface area contributed by atoms with Gasteiger partial charge >= 0.3 is 0 Å². The normalized spacial score (nSPS) is 18.6. The summed E-state index contributed by atoms with van der Waals surface area (Å²) in [5.41, 5.74) is 4.36. The number of carbonyl (C=O) groups is 3. The quantitative estimate of drug-likeness (QED) is 0.735. The van der Waals surface area contributed by atoms with Crippen LogP contribution in [0.15, 0.2) is 35.0 Å². The van der Waals surface area contributed by atoms with Crippen LogP contribution in [0, 0.1) is 5.92 Å². The Balaban J connectivity index is 1.66. The fourth-order valence-electron chi connectivity index (χ4n) is 4.38. The minimum Gasteiger partial charge on any atom is -0.351 e. The number of allylic oxidation sites excluding steroid dienone is 1. The van der Waals surface area contributed by atoms with Crippen LogP contribution in [-0.2, 0) is 9.59 Å². The Bertz CT molecular complexity index is 1270. The van der Waals surface area contributed by atoms with Gasteiger partial charge in [-0.25, -0.2) is 14.7 Å². The number of fused-ring (bicyclic) bond motifs is 1. The summed E-state index contributed by atoms with van der Waals surface area (Å²) in [4.78, 5) is 48.0. The van der Waals surface area contributed by atoms with E-state index in [1.165, 1.54) is 0 Å². The van der Waals surface area contributed by atoms with Crippen LogP contribution in [-0.4, -0.2) is 62.7 Å². The standard InChI is InChI=1S/C25H30N6O3/c1-14(2)31-23-21(13-27-31)19(11-22(29-23)18-6-8-30(9-7-18)17(5)32)24(33)26-12-20-15(3)10-16(4)28-25(20)34/h6,10-11,13-14,20H,7-9,12H2,1-5H3,(H,26,33). The number of rotatable bonds is 5. The topological polar surface area (TPSA) is 110 Å². The third-order valence-electron chi connectivity index (χ3n) is 6.32. The Morgan fingerprint density at radius 1 is 1.26 bits per heavy atom. The van der Waals surface area contributed by atoms with Gasteiger partial charge in [0.25, 0.3) is 11.8 Å². The Morgan fingerprint density at radius 3 is 2.65 bits per heavy atom. The van der Waals surface area contributed by atoms with E-state index in [0.717, 1.165) is 11.1 Å². The van der Waals surface area contributed by atoms with Crippen molar-refractivity contribution in [1.82, 2.24) is 25.0 Å². The van der Waals surface area contributed by atoms with Gasteiger partial charge in [-0.3, -0.25) is 14.4 Å². The zero-order valence-electron chi connectivity index (χ0n) is 20.3. The lowest BCUT2D eigenvalue weighted by atomic mass is 9.95. The fraction of sp³-hybridized carbons (Fsp3) is 0.440. The molecule has 2 aliphatic heterocycles. The molecule has 0 bridgehead atoms. The first-order valence-corrected chi connectivity index (χ1v) is 11.5. The highest BCUT2D eigenvalue weighted by molar-refractivity contribution is 6.07. The minimum absolute atomic E-state index is 0.0396. The van der Waals surface area contributed by atoms with Gasteiger partial charge in [0.05, 0.1) is 28.8 Å². The molecule has 2 aromatic heterocycles. The van der Waals surface area contributed by atoms with Crippen molar-refractivity contribution in [2.24, 2.45) is 10.9 Å². The largest absolute Gasteiger partial charge is 0.351 e. The van der Waals surface area contributed by atoms with Crippen LogP contribution in [0.25, 0.3) is 16.6 Å². The van der Waals surface area contributed by atoms with Gasteiger partial charge in [0, 0.05) is 38.3 Å². The zero-order valence-corrected chi connectivity index (χ0v) is 20.3. The van der Waals surface area contributed by atoms with Gasteiger partial charge in [-0.2, -0.15) is 5.10 Å².